The maximum atomic E-state index is 9.37. The van der Waals surface area contributed by atoms with Crippen LogP contribution in [-0.2, 0) is 5.41 Å². The average molecular weight is 727 g/mol. The second-order valence-electron chi connectivity index (χ2n) is 14.3. The number of nitriles is 1. The van der Waals surface area contributed by atoms with E-state index in [4.69, 9.17) is 15.0 Å². The van der Waals surface area contributed by atoms with Gasteiger partial charge in [0.15, 0.2) is 17.5 Å². The van der Waals surface area contributed by atoms with E-state index in [2.05, 4.69) is 127 Å². The fourth-order valence-electron chi connectivity index (χ4n) is 8.42. The van der Waals surface area contributed by atoms with Crippen LogP contribution in [0.1, 0.15) is 27.8 Å². The molecule has 8 aromatic carbocycles. The number of aromatic nitrogens is 3. The second kappa shape index (κ2) is 14.2. The summed E-state index contributed by atoms with van der Waals surface area (Å²) in [5, 5.41) is 9.37. The van der Waals surface area contributed by atoms with Crippen molar-refractivity contribution in [1.29, 1.82) is 5.26 Å². The van der Waals surface area contributed by atoms with E-state index >= 15 is 0 Å². The van der Waals surface area contributed by atoms with E-state index < -0.39 is 5.41 Å². The van der Waals surface area contributed by atoms with Gasteiger partial charge in [-0.05, 0) is 79.9 Å². The zero-order valence-corrected chi connectivity index (χ0v) is 30.9. The van der Waals surface area contributed by atoms with E-state index in [1.807, 2.05) is 84.9 Å². The normalized spacial score (nSPS) is 12.3. The van der Waals surface area contributed by atoms with Crippen LogP contribution in [0.15, 0.2) is 206 Å². The van der Waals surface area contributed by atoms with Crippen molar-refractivity contribution in [3.8, 4) is 73.6 Å². The molecule has 0 N–H and O–H groups in total. The first-order chi connectivity index (χ1) is 28.2. The zero-order valence-electron chi connectivity index (χ0n) is 30.9. The molecular formula is C53H34N4. The summed E-state index contributed by atoms with van der Waals surface area (Å²) < 4.78 is 0. The first-order valence-corrected chi connectivity index (χ1v) is 19.1. The van der Waals surface area contributed by atoms with Crippen molar-refractivity contribution >= 4 is 0 Å². The molecule has 9 aromatic rings. The Hall–Kier alpha value is -7.74. The fraction of sp³-hybridized carbons (Fsp3) is 0.0189. The van der Waals surface area contributed by atoms with Gasteiger partial charge in [0.05, 0.1) is 17.0 Å². The van der Waals surface area contributed by atoms with E-state index in [-0.39, 0.29) is 0 Å². The van der Waals surface area contributed by atoms with Crippen LogP contribution in [0.25, 0.3) is 67.5 Å². The Bertz CT molecular complexity index is 2820. The molecule has 0 aliphatic heterocycles. The van der Waals surface area contributed by atoms with Gasteiger partial charge in [0.2, 0.25) is 0 Å². The molecule has 0 amide bonds. The van der Waals surface area contributed by atoms with Gasteiger partial charge in [0, 0.05) is 16.7 Å². The molecule has 0 bridgehead atoms. The molecule has 0 saturated carbocycles. The van der Waals surface area contributed by atoms with Crippen molar-refractivity contribution in [1.82, 2.24) is 15.0 Å². The summed E-state index contributed by atoms with van der Waals surface area (Å²) in [5.41, 5.74) is 14.2. The molecule has 0 atom stereocenters. The van der Waals surface area contributed by atoms with Crippen LogP contribution >= 0.6 is 0 Å². The molecule has 1 aliphatic carbocycles. The fourth-order valence-corrected chi connectivity index (χ4v) is 8.42. The van der Waals surface area contributed by atoms with Crippen LogP contribution in [0.4, 0.5) is 0 Å². The highest BCUT2D eigenvalue weighted by molar-refractivity contribution is 5.94. The average Bonchev–Trinajstić information content (AvgIpc) is 3.60. The van der Waals surface area contributed by atoms with Crippen LogP contribution in [0, 0.1) is 11.3 Å². The lowest BCUT2D eigenvalue weighted by atomic mass is 9.67. The van der Waals surface area contributed by atoms with Gasteiger partial charge < -0.3 is 0 Å². The highest BCUT2D eigenvalue weighted by Crippen LogP contribution is 2.58. The molecule has 0 fully saturated rings. The first kappa shape index (κ1) is 33.8. The Morgan fingerprint density at radius 2 is 0.789 bits per heavy atom. The Labute approximate surface area is 332 Å². The van der Waals surface area contributed by atoms with Gasteiger partial charge in [0.1, 0.15) is 0 Å². The van der Waals surface area contributed by atoms with Crippen molar-refractivity contribution < 1.29 is 0 Å². The van der Waals surface area contributed by atoms with Gasteiger partial charge in [-0.1, -0.05) is 182 Å². The van der Waals surface area contributed by atoms with E-state index in [1.165, 1.54) is 33.4 Å². The third-order valence-electron chi connectivity index (χ3n) is 11.1. The van der Waals surface area contributed by atoms with Gasteiger partial charge >= 0.3 is 0 Å². The lowest BCUT2D eigenvalue weighted by Crippen LogP contribution is -2.28. The largest absolute Gasteiger partial charge is 0.208 e. The minimum atomic E-state index is -0.598. The summed E-state index contributed by atoms with van der Waals surface area (Å²) in [6.45, 7) is 0. The lowest BCUT2D eigenvalue weighted by molar-refractivity contribution is 0.768. The van der Waals surface area contributed by atoms with Crippen molar-refractivity contribution in [2.24, 2.45) is 0 Å². The zero-order chi connectivity index (χ0) is 38.2. The summed E-state index contributed by atoms with van der Waals surface area (Å²) in [7, 11) is 0. The maximum absolute atomic E-state index is 9.37. The molecule has 57 heavy (non-hydrogen) atoms. The number of benzene rings is 8. The molecule has 1 heterocycles. The molecule has 0 radical (unpaired) electrons. The molecule has 1 aromatic heterocycles. The Kier molecular flexibility index (Phi) is 8.39. The van der Waals surface area contributed by atoms with Crippen molar-refractivity contribution in [2.45, 2.75) is 5.41 Å². The van der Waals surface area contributed by atoms with Crippen LogP contribution in [-0.4, -0.2) is 15.0 Å². The molecule has 266 valence electrons. The molecule has 10 rings (SSSR count). The highest BCUT2D eigenvalue weighted by Gasteiger charge is 2.46. The van der Waals surface area contributed by atoms with Crippen LogP contribution in [0.3, 0.4) is 0 Å². The van der Waals surface area contributed by atoms with Crippen LogP contribution in [0.2, 0.25) is 0 Å². The van der Waals surface area contributed by atoms with Gasteiger partial charge in [-0.15, -0.1) is 0 Å². The summed E-state index contributed by atoms with van der Waals surface area (Å²) in [6, 6.07) is 74.1. The van der Waals surface area contributed by atoms with Crippen molar-refractivity contribution in [3.05, 3.63) is 234 Å². The smallest absolute Gasteiger partial charge is 0.164 e. The van der Waals surface area contributed by atoms with Gasteiger partial charge in [-0.2, -0.15) is 5.26 Å². The van der Waals surface area contributed by atoms with Gasteiger partial charge in [-0.25, -0.2) is 15.0 Å². The topological polar surface area (TPSA) is 62.5 Å². The van der Waals surface area contributed by atoms with E-state index in [9.17, 15) is 5.26 Å². The van der Waals surface area contributed by atoms with Crippen molar-refractivity contribution in [3.63, 3.8) is 0 Å². The molecule has 0 spiro atoms. The Morgan fingerprint density at radius 3 is 1.33 bits per heavy atom. The van der Waals surface area contributed by atoms with E-state index in [0.29, 0.717) is 23.0 Å². The SMILES string of the molecule is N#Cc1ccc(-c2ccc(-c3cc4c(cc3-c3nc(-c5ccccc5)nc(-c5ccccc5)n3)C(c3ccccc3)(c3ccccc3)c3ccccc3-4)cc2)cc1. The Morgan fingerprint density at radius 1 is 0.333 bits per heavy atom. The molecule has 4 heteroatoms. The summed E-state index contributed by atoms with van der Waals surface area (Å²) in [5.74, 6) is 1.83. The Balaban J connectivity index is 1.28. The monoisotopic (exact) mass is 726 g/mol. The molecule has 4 nitrogen and oxygen atoms in total. The van der Waals surface area contributed by atoms with Crippen LogP contribution < -0.4 is 0 Å². The third kappa shape index (κ3) is 5.82. The van der Waals surface area contributed by atoms with Crippen LogP contribution in [0.5, 0.6) is 0 Å². The molecule has 0 saturated heterocycles. The number of nitrogens with zero attached hydrogens (tertiary/aromatic N) is 4. The van der Waals surface area contributed by atoms with E-state index in [1.54, 1.807) is 0 Å². The first-order valence-electron chi connectivity index (χ1n) is 19.1. The lowest BCUT2D eigenvalue weighted by Gasteiger charge is -2.34. The number of hydrogen-bond donors (Lipinski definition) is 0. The predicted molar refractivity (Wildman–Crippen MR) is 229 cm³/mol. The standard InChI is InChI=1S/C53H34N4/c54-35-36-25-27-37(28-26-36)38-29-31-39(32-30-38)45-33-46-44-23-13-14-24-48(44)53(42-19-9-3-10-20-42,43-21-11-4-12-22-43)49(46)34-47(45)52-56-50(40-15-5-1-6-16-40)55-51(57-52)41-17-7-2-8-18-41/h1-34H. The second-order valence-corrected chi connectivity index (χ2v) is 14.3. The maximum Gasteiger partial charge on any atom is 0.164 e. The van der Waals surface area contributed by atoms with Gasteiger partial charge in [0.25, 0.3) is 0 Å². The molecule has 1 aliphatic rings. The van der Waals surface area contributed by atoms with E-state index in [0.717, 1.165) is 38.9 Å². The number of rotatable bonds is 7. The number of fused-ring (bicyclic) bond motifs is 3. The highest BCUT2D eigenvalue weighted by atomic mass is 15.0. The summed E-state index contributed by atoms with van der Waals surface area (Å²) in [4.78, 5) is 15.6. The van der Waals surface area contributed by atoms with Gasteiger partial charge in [-0.3, -0.25) is 0 Å². The molecule has 0 unspecified atom stereocenters. The molecular weight excluding hydrogens is 693 g/mol. The summed E-state index contributed by atoms with van der Waals surface area (Å²) >= 11 is 0. The minimum Gasteiger partial charge on any atom is -0.208 e. The third-order valence-corrected chi connectivity index (χ3v) is 11.1. The quantitative estimate of drug-likeness (QED) is 0.164. The minimum absolute atomic E-state index is 0.598. The summed E-state index contributed by atoms with van der Waals surface area (Å²) in [6.07, 6.45) is 0. The van der Waals surface area contributed by atoms with Crippen molar-refractivity contribution in [2.75, 3.05) is 0 Å². The number of hydrogen-bond acceptors (Lipinski definition) is 4. The predicted octanol–water partition coefficient (Wildman–Crippen LogP) is 12.4.